The third-order valence-electron chi connectivity index (χ3n) is 2.47. The Kier molecular flexibility index (Phi) is 4.65. The molecular weight excluding hydrogens is 202 g/mol. The molecule has 0 amide bonds. The zero-order valence-corrected chi connectivity index (χ0v) is 10.0. The topological polar surface area (TPSA) is 42.2 Å². The fourth-order valence-electron chi connectivity index (χ4n) is 1.71. The molecule has 86 valence electrons. The van der Waals surface area contributed by atoms with E-state index >= 15 is 0 Å². The van der Waals surface area contributed by atoms with Gasteiger partial charge in [-0.1, -0.05) is 13.3 Å². The summed E-state index contributed by atoms with van der Waals surface area (Å²) in [6, 6.07) is 5.99. The predicted molar refractivity (Wildman–Crippen MR) is 62.9 cm³/mol. The molecule has 0 saturated carbocycles. The molecule has 0 N–H and O–H groups in total. The molecule has 0 aliphatic rings. The number of hydrogen-bond donors (Lipinski definition) is 0. The largest absolute Gasteiger partial charge is 0.496 e. The lowest BCUT2D eigenvalue weighted by Gasteiger charge is -2.13. The Morgan fingerprint density at radius 1 is 1.12 bits per heavy atom. The van der Waals surface area contributed by atoms with Crippen molar-refractivity contribution in [2.45, 2.75) is 26.2 Å². The third-order valence-corrected chi connectivity index (χ3v) is 2.47. The van der Waals surface area contributed by atoms with E-state index in [1.54, 1.807) is 14.2 Å². The molecule has 0 fully saturated rings. The highest BCUT2D eigenvalue weighted by Crippen LogP contribution is 2.29. The highest BCUT2D eigenvalue weighted by Gasteiger charge is 2.10. The maximum atomic E-state index is 8.73. The molecule has 0 heterocycles. The highest BCUT2D eigenvalue weighted by atomic mass is 16.5. The molecule has 0 aliphatic carbocycles. The summed E-state index contributed by atoms with van der Waals surface area (Å²) in [5.41, 5.74) is 2.00. The highest BCUT2D eigenvalue weighted by molar-refractivity contribution is 5.47. The minimum atomic E-state index is 0.339. The van der Waals surface area contributed by atoms with Crippen LogP contribution in [0.15, 0.2) is 12.1 Å². The van der Waals surface area contributed by atoms with Crippen molar-refractivity contribution in [3.63, 3.8) is 0 Å². The quantitative estimate of drug-likeness (QED) is 0.764. The van der Waals surface area contributed by atoms with Crippen LogP contribution in [0.4, 0.5) is 0 Å². The number of rotatable bonds is 5. The minimum absolute atomic E-state index is 0.339. The molecule has 0 atom stereocenters. The SMILES string of the molecule is CCCc1cc(OC)c(CC#N)cc1OC. The van der Waals surface area contributed by atoms with Gasteiger partial charge >= 0.3 is 0 Å². The van der Waals surface area contributed by atoms with Crippen molar-refractivity contribution in [3.8, 4) is 17.6 Å². The number of ether oxygens (including phenoxy) is 2. The van der Waals surface area contributed by atoms with E-state index in [0.29, 0.717) is 6.42 Å². The fourth-order valence-corrected chi connectivity index (χ4v) is 1.71. The summed E-state index contributed by atoms with van der Waals surface area (Å²) in [7, 11) is 3.27. The Labute approximate surface area is 96.6 Å². The van der Waals surface area contributed by atoms with E-state index in [9.17, 15) is 0 Å². The Balaban J connectivity index is 3.18. The van der Waals surface area contributed by atoms with Crippen LogP contribution in [0.3, 0.4) is 0 Å². The first-order valence-electron chi connectivity index (χ1n) is 5.37. The van der Waals surface area contributed by atoms with E-state index in [-0.39, 0.29) is 0 Å². The van der Waals surface area contributed by atoms with E-state index in [4.69, 9.17) is 14.7 Å². The predicted octanol–water partition coefficient (Wildman–Crippen LogP) is 2.72. The van der Waals surface area contributed by atoms with E-state index in [1.165, 1.54) is 0 Å². The first-order chi connectivity index (χ1) is 7.76. The van der Waals surface area contributed by atoms with Gasteiger partial charge in [-0.15, -0.1) is 0 Å². The van der Waals surface area contributed by atoms with Gasteiger partial charge < -0.3 is 9.47 Å². The van der Waals surface area contributed by atoms with Crippen molar-refractivity contribution in [2.24, 2.45) is 0 Å². The molecule has 16 heavy (non-hydrogen) atoms. The molecule has 3 heteroatoms. The first-order valence-corrected chi connectivity index (χ1v) is 5.37. The Bertz CT molecular complexity index is 393. The molecule has 3 nitrogen and oxygen atoms in total. The average Bonchev–Trinajstić information content (AvgIpc) is 2.31. The zero-order chi connectivity index (χ0) is 12.0. The van der Waals surface area contributed by atoms with Gasteiger partial charge in [0.1, 0.15) is 11.5 Å². The van der Waals surface area contributed by atoms with Crippen LogP contribution in [0.25, 0.3) is 0 Å². The van der Waals surface area contributed by atoms with Crippen molar-refractivity contribution < 1.29 is 9.47 Å². The van der Waals surface area contributed by atoms with Crippen molar-refractivity contribution in [1.29, 1.82) is 5.26 Å². The molecule has 0 aliphatic heterocycles. The third kappa shape index (κ3) is 2.66. The first kappa shape index (κ1) is 12.4. The Morgan fingerprint density at radius 3 is 2.19 bits per heavy atom. The molecule has 0 spiro atoms. The van der Waals surface area contributed by atoms with Crippen LogP contribution >= 0.6 is 0 Å². The smallest absolute Gasteiger partial charge is 0.123 e. The van der Waals surface area contributed by atoms with Gasteiger partial charge in [-0.25, -0.2) is 0 Å². The second kappa shape index (κ2) is 6.02. The van der Waals surface area contributed by atoms with Gasteiger partial charge in [0, 0.05) is 5.56 Å². The van der Waals surface area contributed by atoms with Gasteiger partial charge in [0.05, 0.1) is 26.7 Å². The van der Waals surface area contributed by atoms with Gasteiger partial charge in [0.15, 0.2) is 0 Å². The molecular formula is C13H17NO2. The molecule has 0 bridgehead atoms. The van der Waals surface area contributed by atoms with E-state index < -0.39 is 0 Å². The van der Waals surface area contributed by atoms with E-state index in [0.717, 1.165) is 35.5 Å². The molecule has 1 aromatic carbocycles. The summed E-state index contributed by atoms with van der Waals surface area (Å²) in [6.07, 6.45) is 2.34. The van der Waals surface area contributed by atoms with Crippen LogP contribution in [0, 0.1) is 11.3 Å². The summed E-state index contributed by atoms with van der Waals surface area (Å²) >= 11 is 0. The van der Waals surface area contributed by atoms with E-state index in [2.05, 4.69) is 13.0 Å². The second-order valence-corrected chi connectivity index (χ2v) is 3.56. The van der Waals surface area contributed by atoms with Crippen LogP contribution in [0.5, 0.6) is 11.5 Å². The second-order valence-electron chi connectivity index (χ2n) is 3.56. The van der Waals surface area contributed by atoms with E-state index in [1.807, 2.05) is 12.1 Å². The lowest BCUT2D eigenvalue weighted by Crippen LogP contribution is -1.98. The average molecular weight is 219 g/mol. The van der Waals surface area contributed by atoms with Gasteiger partial charge in [0.2, 0.25) is 0 Å². The summed E-state index contributed by atoms with van der Waals surface area (Å²) < 4.78 is 10.6. The standard InChI is InChI=1S/C13H17NO2/c1-4-5-10-8-13(16-3)11(6-7-14)9-12(10)15-2/h8-9H,4-6H2,1-3H3. The summed E-state index contributed by atoms with van der Waals surface area (Å²) in [4.78, 5) is 0. The van der Waals surface area contributed by atoms with Crippen molar-refractivity contribution in [3.05, 3.63) is 23.3 Å². The number of nitrogens with zero attached hydrogens (tertiary/aromatic N) is 1. The normalized spacial score (nSPS) is 9.62. The van der Waals surface area contributed by atoms with Gasteiger partial charge in [0.25, 0.3) is 0 Å². The van der Waals surface area contributed by atoms with Gasteiger partial charge in [-0.2, -0.15) is 5.26 Å². The van der Waals surface area contributed by atoms with Crippen LogP contribution in [0.1, 0.15) is 24.5 Å². The van der Waals surface area contributed by atoms with Crippen LogP contribution in [-0.4, -0.2) is 14.2 Å². The monoisotopic (exact) mass is 219 g/mol. The van der Waals surface area contributed by atoms with Crippen molar-refractivity contribution >= 4 is 0 Å². The maximum absolute atomic E-state index is 8.73. The Hall–Kier alpha value is -1.69. The Morgan fingerprint density at radius 2 is 1.69 bits per heavy atom. The summed E-state index contributed by atoms with van der Waals surface area (Å²) in [5.74, 6) is 1.61. The summed E-state index contributed by atoms with van der Waals surface area (Å²) in [6.45, 7) is 2.12. The molecule has 0 unspecified atom stereocenters. The zero-order valence-electron chi connectivity index (χ0n) is 10.0. The molecule has 0 saturated heterocycles. The molecule has 0 aromatic heterocycles. The minimum Gasteiger partial charge on any atom is -0.496 e. The van der Waals surface area contributed by atoms with Gasteiger partial charge in [-0.05, 0) is 24.1 Å². The van der Waals surface area contributed by atoms with Gasteiger partial charge in [-0.3, -0.25) is 0 Å². The number of hydrogen-bond acceptors (Lipinski definition) is 3. The lowest BCUT2D eigenvalue weighted by atomic mass is 10.0. The fraction of sp³-hybridized carbons (Fsp3) is 0.462. The van der Waals surface area contributed by atoms with Crippen LogP contribution < -0.4 is 9.47 Å². The maximum Gasteiger partial charge on any atom is 0.123 e. The number of benzene rings is 1. The lowest BCUT2D eigenvalue weighted by molar-refractivity contribution is 0.395. The van der Waals surface area contributed by atoms with Crippen LogP contribution in [-0.2, 0) is 12.8 Å². The van der Waals surface area contributed by atoms with Crippen LogP contribution in [0.2, 0.25) is 0 Å². The molecule has 1 rings (SSSR count). The molecule has 0 radical (unpaired) electrons. The number of nitriles is 1. The number of aryl methyl sites for hydroxylation is 1. The number of methoxy groups -OCH3 is 2. The van der Waals surface area contributed by atoms with Crippen molar-refractivity contribution in [2.75, 3.05) is 14.2 Å². The molecule has 1 aromatic rings. The van der Waals surface area contributed by atoms with Crippen molar-refractivity contribution in [1.82, 2.24) is 0 Å². The summed E-state index contributed by atoms with van der Waals surface area (Å²) in [5, 5.41) is 8.73.